The van der Waals surface area contributed by atoms with E-state index in [2.05, 4.69) is 0 Å². The van der Waals surface area contributed by atoms with Crippen molar-refractivity contribution >= 4 is 17.8 Å². The van der Waals surface area contributed by atoms with E-state index in [1.165, 1.54) is 6.92 Å². The summed E-state index contributed by atoms with van der Waals surface area (Å²) in [6.07, 6.45) is 2.61. The smallest absolute Gasteiger partial charge is 0.277 e. The molecule has 1 aliphatic heterocycles. The van der Waals surface area contributed by atoms with Gasteiger partial charge < -0.3 is 0 Å². The highest BCUT2D eigenvalue weighted by molar-refractivity contribution is 6.21. The first-order valence-electron chi connectivity index (χ1n) is 6.66. The van der Waals surface area contributed by atoms with Gasteiger partial charge in [-0.05, 0) is 37.6 Å². The number of urea groups is 1. The molecular formula is C12H16N2O3. The summed E-state index contributed by atoms with van der Waals surface area (Å²) in [4.78, 5) is 35.6. The van der Waals surface area contributed by atoms with Crippen molar-refractivity contribution in [2.45, 2.75) is 39.0 Å². The summed E-state index contributed by atoms with van der Waals surface area (Å²) >= 11 is 0. The fourth-order valence-electron chi connectivity index (χ4n) is 2.39. The van der Waals surface area contributed by atoms with Gasteiger partial charge in [0.1, 0.15) is 5.41 Å². The van der Waals surface area contributed by atoms with Crippen molar-refractivity contribution in [3.05, 3.63) is 11.6 Å². The van der Waals surface area contributed by atoms with Crippen molar-refractivity contribution in [3.8, 4) is 0 Å². The molecule has 2 rings (SSSR count). The molecule has 2 N–H and O–H groups in total. The van der Waals surface area contributed by atoms with Crippen LogP contribution in [0.15, 0.2) is 11.6 Å². The van der Waals surface area contributed by atoms with Gasteiger partial charge in [-0.15, -0.1) is 0 Å². The SMILES string of the molecule is [2H]C([2H])(C)C1(C2=CCCCC2)C(=O)NC(=O)NC1=O. The number of carbonyl (C=O) groups excluding carboxylic acids is 3. The second kappa shape index (κ2) is 4.31. The minimum Gasteiger partial charge on any atom is -0.277 e. The Bertz CT molecular complexity index is 460. The molecule has 0 aromatic carbocycles. The number of imide groups is 2. The van der Waals surface area contributed by atoms with Gasteiger partial charge in [0, 0.05) is 2.74 Å². The summed E-state index contributed by atoms with van der Waals surface area (Å²) in [5, 5.41) is 4.03. The maximum absolute atomic E-state index is 12.2. The second-order valence-corrected chi connectivity index (χ2v) is 4.21. The van der Waals surface area contributed by atoms with Gasteiger partial charge >= 0.3 is 6.03 Å². The number of barbiturate groups is 1. The lowest BCUT2D eigenvalue weighted by Crippen LogP contribution is -2.63. The van der Waals surface area contributed by atoms with Crippen LogP contribution in [0.3, 0.4) is 0 Å². The molecule has 5 nitrogen and oxygen atoms in total. The Morgan fingerprint density at radius 1 is 1.29 bits per heavy atom. The molecule has 17 heavy (non-hydrogen) atoms. The zero-order valence-corrected chi connectivity index (χ0v) is 9.63. The molecule has 0 saturated carbocycles. The predicted molar refractivity (Wildman–Crippen MR) is 61.0 cm³/mol. The first kappa shape index (κ1) is 9.39. The molecule has 0 aromatic rings. The molecule has 4 amide bonds. The topological polar surface area (TPSA) is 75.3 Å². The quantitative estimate of drug-likeness (QED) is 0.561. The number of hydrogen-bond donors (Lipinski definition) is 2. The Labute approximate surface area is 102 Å². The molecule has 1 heterocycles. The maximum Gasteiger partial charge on any atom is 0.328 e. The average Bonchev–Trinajstić information content (AvgIpc) is 2.27. The van der Waals surface area contributed by atoms with E-state index in [9.17, 15) is 14.4 Å². The first-order chi connectivity index (χ1) is 8.80. The van der Waals surface area contributed by atoms with Crippen molar-refractivity contribution in [1.29, 1.82) is 0 Å². The van der Waals surface area contributed by atoms with Crippen molar-refractivity contribution < 1.29 is 17.1 Å². The van der Waals surface area contributed by atoms with Gasteiger partial charge in [-0.2, -0.15) is 0 Å². The molecule has 0 bridgehead atoms. The van der Waals surface area contributed by atoms with Gasteiger partial charge in [0.2, 0.25) is 11.8 Å². The van der Waals surface area contributed by atoms with E-state index < -0.39 is 29.6 Å². The van der Waals surface area contributed by atoms with Crippen LogP contribution in [0, 0.1) is 5.41 Å². The summed E-state index contributed by atoms with van der Waals surface area (Å²) < 4.78 is 15.9. The van der Waals surface area contributed by atoms with Crippen LogP contribution in [-0.4, -0.2) is 17.8 Å². The Kier molecular flexibility index (Phi) is 2.38. The first-order valence-corrected chi connectivity index (χ1v) is 5.66. The molecular weight excluding hydrogens is 220 g/mol. The third-order valence-corrected chi connectivity index (χ3v) is 3.28. The Hall–Kier alpha value is -1.65. The summed E-state index contributed by atoms with van der Waals surface area (Å²) in [6.45, 7) is 1.19. The van der Waals surface area contributed by atoms with Gasteiger partial charge in [0.25, 0.3) is 0 Å². The monoisotopic (exact) mass is 238 g/mol. The minimum absolute atomic E-state index is 0.466. The molecule has 0 aromatic heterocycles. The molecule has 0 radical (unpaired) electrons. The normalized spacial score (nSPS) is 26.4. The van der Waals surface area contributed by atoms with Crippen LogP contribution >= 0.6 is 0 Å². The highest BCUT2D eigenvalue weighted by Gasteiger charge is 2.51. The second-order valence-electron chi connectivity index (χ2n) is 4.21. The highest BCUT2D eigenvalue weighted by Crippen LogP contribution is 2.39. The molecule has 1 fully saturated rings. The molecule has 1 aliphatic carbocycles. The lowest BCUT2D eigenvalue weighted by atomic mass is 9.71. The number of allylic oxidation sites excluding steroid dienone is 1. The zero-order valence-electron chi connectivity index (χ0n) is 11.6. The molecule has 0 spiro atoms. The van der Waals surface area contributed by atoms with Crippen LogP contribution in [0.1, 0.15) is 41.7 Å². The molecule has 92 valence electrons. The fourth-order valence-corrected chi connectivity index (χ4v) is 2.39. The van der Waals surface area contributed by atoms with Crippen molar-refractivity contribution in [2.75, 3.05) is 0 Å². The zero-order chi connectivity index (χ0) is 14.3. The summed E-state index contributed by atoms with van der Waals surface area (Å²) in [6, 6.07) is -0.897. The van der Waals surface area contributed by atoms with E-state index in [1.807, 2.05) is 10.6 Å². The van der Waals surface area contributed by atoms with Crippen LogP contribution in [0.25, 0.3) is 0 Å². The largest absolute Gasteiger partial charge is 0.328 e. The lowest BCUT2D eigenvalue weighted by Gasteiger charge is -2.36. The Morgan fingerprint density at radius 3 is 2.41 bits per heavy atom. The van der Waals surface area contributed by atoms with Crippen LogP contribution in [0.5, 0.6) is 0 Å². The molecule has 0 atom stereocenters. The van der Waals surface area contributed by atoms with E-state index in [4.69, 9.17) is 2.74 Å². The number of carbonyl (C=O) groups is 3. The van der Waals surface area contributed by atoms with Gasteiger partial charge in [-0.25, -0.2) is 4.79 Å². The van der Waals surface area contributed by atoms with E-state index in [0.29, 0.717) is 18.4 Å². The number of hydrogen-bond acceptors (Lipinski definition) is 3. The van der Waals surface area contributed by atoms with Crippen LogP contribution in [-0.2, 0) is 9.59 Å². The fraction of sp³-hybridized carbons (Fsp3) is 0.583. The van der Waals surface area contributed by atoms with E-state index in [0.717, 1.165) is 12.8 Å². The summed E-state index contributed by atoms with van der Waals surface area (Å²) in [5.41, 5.74) is -1.48. The van der Waals surface area contributed by atoms with Crippen molar-refractivity contribution in [2.24, 2.45) is 5.41 Å². The molecule has 5 heteroatoms. The van der Waals surface area contributed by atoms with E-state index >= 15 is 0 Å². The molecule has 1 saturated heterocycles. The summed E-state index contributed by atoms with van der Waals surface area (Å²) in [5.74, 6) is -1.75. The van der Waals surface area contributed by atoms with Crippen molar-refractivity contribution in [1.82, 2.24) is 10.6 Å². The number of amides is 4. The standard InChI is InChI=1S/C12H16N2O3/c1-2-12(8-6-4-3-5-7-8)9(15)13-11(17)14-10(12)16/h6H,2-5,7H2,1H3,(H2,13,14,15,16,17)/i2D2. The van der Waals surface area contributed by atoms with Gasteiger partial charge in [-0.1, -0.05) is 13.0 Å². The lowest BCUT2D eigenvalue weighted by molar-refractivity contribution is -0.142. The Morgan fingerprint density at radius 2 is 1.94 bits per heavy atom. The van der Waals surface area contributed by atoms with Crippen molar-refractivity contribution in [3.63, 3.8) is 0 Å². The number of rotatable bonds is 2. The minimum atomic E-state index is -2.09. The highest BCUT2D eigenvalue weighted by atomic mass is 16.2. The third-order valence-electron chi connectivity index (χ3n) is 3.28. The van der Waals surface area contributed by atoms with E-state index in [-0.39, 0.29) is 0 Å². The van der Waals surface area contributed by atoms with Crippen LogP contribution < -0.4 is 10.6 Å². The number of nitrogens with one attached hydrogen (secondary N) is 2. The molecule has 2 aliphatic rings. The molecule has 0 unspecified atom stereocenters. The third kappa shape index (κ3) is 1.75. The summed E-state index contributed by atoms with van der Waals surface area (Å²) in [7, 11) is 0. The van der Waals surface area contributed by atoms with E-state index in [1.54, 1.807) is 6.08 Å². The Balaban J connectivity index is 2.57. The van der Waals surface area contributed by atoms with Crippen LogP contribution in [0.2, 0.25) is 0 Å². The van der Waals surface area contributed by atoms with Gasteiger partial charge in [0.05, 0.1) is 0 Å². The van der Waals surface area contributed by atoms with Gasteiger partial charge in [-0.3, -0.25) is 20.2 Å². The predicted octanol–water partition coefficient (Wildman–Crippen LogP) is 1.25. The average molecular weight is 238 g/mol. The maximum atomic E-state index is 12.2. The van der Waals surface area contributed by atoms with Crippen LogP contribution in [0.4, 0.5) is 4.79 Å². The van der Waals surface area contributed by atoms with Gasteiger partial charge in [0.15, 0.2) is 0 Å².